The molecule has 0 aliphatic carbocycles. The molecule has 3 rings (SSSR count). The maximum atomic E-state index is 12.5. The van der Waals surface area contributed by atoms with Gasteiger partial charge < -0.3 is 4.52 Å². The fourth-order valence-corrected chi connectivity index (χ4v) is 4.46. The van der Waals surface area contributed by atoms with Crippen LogP contribution in [0.3, 0.4) is 0 Å². The highest BCUT2D eigenvalue weighted by Gasteiger charge is 2.26. The van der Waals surface area contributed by atoms with E-state index in [0.29, 0.717) is 18.8 Å². The van der Waals surface area contributed by atoms with Crippen LogP contribution in [-0.2, 0) is 22.3 Å². The third-order valence-corrected chi connectivity index (χ3v) is 6.21. The average Bonchev–Trinajstić information content (AvgIpc) is 2.92. The maximum Gasteiger partial charge on any atom is 0.221 e. The molecule has 6 nitrogen and oxygen atoms in total. The number of hydrogen-bond donors (Lipinski definition) is 0. The number of sulfonamides is 1. The number of aryl methyl sites for hydroxylation is 1. The van der Waals surface area contributed by atoms with Crippen LogP contribution in [0.5, 0.6) is 0 Å². The van der Waals surface area contributed by atoms with E-state index >= 15 is 0 Å². The molecule has 1 fully saturated rings. The second-order valence-electron chi connectivity index (χ2n) is 6.19. The highest BCUT2D eigenvalue weighted by atomic mass is 32.2. The van der Waals surface area contributed by atoms with Crippen LogP contribution in [0.4, 0.5) is 0 Å². The molecule has 24 heavy (non-hydrogen) atoms. The van der Waals surface area contributed by atoms with Gasteiger partial charge >= 0.3 is 0 Å². The van der Waals surface area contributed by atoms with Crippen molar-refractivity contribution in [3.63, 3.8) is 0 Å². The lowest BCUT2D eigenvalue weighted by Crippen LogP contribution is -2.35. The smallest absolute Gasteiger partial charge is 0.221 e. The Morgan fingerprint density at radius 3 is 2.71 bits per heavy atom. The Kier molecular flexibility index (Phi) is 5.33. The molecule has 1 aromatic heterocycles. The molecule has 2 heterocycles. The highest BCUT2D eigenvalue weighted by molar-refractivity contribution is 7.88. The fraction of sp³-hybridized carbons (Fsp3) is 0.471. The van der Waals surface area contributed by atoms with Crippen molar-refractivity contribution in [3.05, 3.63) is 53.4 Å². The molecule has 0 spiro atoms. The molecule has 0 radical (unpaired) electrons. The quantitative estimate of drug-likeness (QED) is 0.826. The van der Waals surface area contributed by atoms with E-state index in [-0.39, 0.29) is 5.75 Å². The minimum atomic E-state index is -3.36. The van der Waals surface area contributed by atoms with E-state index in [9.17, 15) is 8.42 Å². The summed E-state index contributed by atoms with van der Waals surface area (Å²) in [5.74, 6) is 0.265. The number of aromatic nitrogens is 1. The first kappa shape index (κ1) is 17.1. The van der Waals surface area contributed by atoms with E-state index in [1.165, 1.54) is 17.3 Å². The second-order valence-corrected chi connectivity index (χ2v) is 8.16. The molecule has 1 saturated heterocycles. The van der Waals surface area contributed by atoms with Crippen LogP contribution in [0.1, 0.15) is 23.3 Å². The summed E-state index contributed by atoms with van der Waals surface area (Å²) in [6.07, 6.45) is 2.30. The molecular formula is C17H23N3O3S. The Morgan fingerprint density at radius 2 is 1.96 bits per heavy atom. The lowest BCUT2D eigenvalue weighted by atomic mass is 10.1. The Balaban J connectivity index is 1.61. The largest absolute Gasteiger partial charge is 0.360 e. The van der Waals surface area contributed by atoms with Crippen LogP contribution >= 0.6 is 0 Å². The van der Waals surface area contributed by atoms with Crippen molar-refractivity contribution in [1.29, 1.82) is 0 Å². The summed E-state index contributed by atoms with van der Waals surface area (Å²) in [5, 5.41) is 3.57. The predicted molar refractivity (Wildman–Crippen MR) is 91.8 cm³/mol. The van der Waals surface area contributed by atoms with Gasteiger partial charge in [-0.25, -0.2) is 12.7 Å². The monoisotopic (exact) mass is 349 g/mol. The van der Waals surface area contributed by atoms with Gasteiger partial charge in [0.25, 0.3) is 0 Å². The Labute approximate surface area is 143 Å². The summed E-state index contributed by atoms with van der Waals surface area (Å²) < 4.78 is 31.6. The van der Waals surface area contributed by atoms with E-state index < -0.39 is 10.0 Å². The molecule has 0 bridgehead atoms. The third kappa shape index (κ3) is 4.23. The van der Waals surface area contributed by atoms with Crippen molar-refractivity contribution in [3.8, 4) is 0 Å². The summed E-state index contributed by atoms with van der Waals surface area (Å²) in [7, 11) is -3.36. The summed E-state index contributed by atoms with van der Waals surface area (Å²) in [6, 6.07) is 9.94. The van der Waals surface area contributed by atoms with E-state index in [1.807, 2.05) is 12.1 Å². The maximum absolute atomic E-state index is 12.5. The van der Waals surface area contributed by atoms with Crippen LogP contribution in [0.15, 0.2) is 41.1 Å². The number of nitrogens with zero attached hydrogens (tertiary/aromatic N) is 3. The van der Waals surface area contributed by atoms with Crippen molar-refractivity contribution < 1.29 is 12.9 Å². The highest BCUT2D eigenvalue weighted by Crippen LogP contribution is 2.16. The van der Waals surface area contributed by atoms with Crippen LogP contribution < -0.4 is 0 Å². The first-order chi connectivity index (χ1) is 11.5. The number of benzene rings is 1. The van der Waals surface area contributed by atoms with Crippen molar-refractivity contribution in [2.24, 2.45) is 0 Å². The van der Waals surface area contributed by atoms with Crippen LogP contribution in [0.2, 0.25) is 0 Å². The Bertz CT molecular complexity index is 759. The molecule has 0 saturated carbocycles. The van der Waals surface area contributed by atoms with Gasteiger partial charge in [0, 0.05) is 32.2 Å². The minimum Gasteiger partial charge on any atom is -0.360 e. The topological polar surface area (TPSA) is 66.7 Å². The molecule has 1 aliphatic rings. The molecule has 1 aromatic carbocycles. The molecule has 2 aromatic rings. The first-order valence-electron chi connectivity index (χ1n) is 8.19. The van der Waals surface area contributed by atoms with Crippen molar-refractivity contribution >= 4 is 10.0 Å². The number of rotatable bonds is 5. The SMILES string of the molecule is Cc1ccccc1CN1CCCN(S(=O)(=O)Cc2ccno2)CC1. The molecule has 0 unspecified atom stereocenters. The fourth-order valence-electron chi connectivity index (χ4n) is 3.00. The van der Waals surface area contributed by atoms with Crippen molar-refractivity contribution in [2.45, 2.75) is 25.6 Å². The van der Waals surface area contributed by atoms with Gasteiger partial charge in [-0.3, -0.25) is 4.90 Å². The molecule has 7 heteroatoms. The van der Waals surface area contributed by atoms with Gasteiger partial charge in [0.2, 0.25) is 10.0 Å². The van der Waals surface area contributed by atoms with Crippen LogP contribution in [-0.4, -0.2) is 49.0 Å². The van der Waals surface area contributed by atoms with Gasteiger partial charge in [0.15, 0.2) is 5.76 Å². The lowest BCUT2D eigenvalue weighted by Gasteiger charge is -2.22. The zero-order chi connectivity index (χ0) is 17.0. The zero-order valence-corrected chi connectivity index (χ0v) is 14.7. The molecule has 130 valence electrons. The van der Waals surface area contributed by atoms with E-state index in [0.717, 1.165) is 26.1 Å². The van der Waals surface area contributed by atoms with Gasteiger partial charge in [-0.05, 0) is 31.0 Å². The summed E-state index contributed by atoms with van der Waals surface area (Å²) in [4.78, 5) is 2.33. The molecule has 1 aliphatic heterocycles. The van der Waals surface area contributed by atoms with Crippen LogP contribution in [0.25, 0.3) is 0 Å². The summed E-state index contributed by atoms with van der Waals surface area (Å²) in [5.41, 5.74) is 2.58. The van der Waals surface area contributed by atoms with Gasteiger partial charge in [0.1, 0.15) is 5.75 Å². The third-order valence-electron chi connectivity index (χ3n) is 4.41. The molecular weight excluding hydrogens is 326 g/mol. The predicted octanol–water partition coefficient (Wildman–Crippen LogP) is 2.02. The summed E-state index contributed by atoms with van der Waals surface area (Å²) >= 11 is 0. The Hall–Kier alpha value is -1.70. The van der Waals surface area contributed by atoms with Crippen molar-refractivity contribution in [2.75, 3.05) is 26.2 Å². The van der Waals surface area contributed by atoms with Gasteiger partial charge in [-0.1, -0.05) is 29.4 Å². The normalized spacial score (nSPS) is 17.7. The number of hydrogen-bond acceptors (Lipinski definition) is 5. The molecule has 0 amide bonds. The minimum absolute atomic E-state index is 0.120. The van der Waals surface area contributed by atoms with Gasteiger partial charge in [-0.2, -0.15) is 0 Å². The van der Waals surface area contributed by atoms with E-state index in [4.69, 9.17) is 4.52 Å². The van der Waals surface area contributed by atoms with Gasteiger partial charge in [0.05, 0.1) is 6.20 Å². The standard InChI is InChI=1S/C17H23N3O3S/c1-15-5-2-3-6-16(15)13-19-9-4-10-20(12-11-19)24(21,22)14-17-7-8-18-23-17/h2-3,5-8H,4,9-14H2,1H3. The van der Waals surface area contributed by atoms with Crippen LogP contribution in [0, 0.1) is 6.92 Å². The van der Waals surface area contributed by atoms with E-state index in [2.05, 4.69) is 29.1 Å². The first-order valence-corrected chi connectivity index (χ1v) is 9.80. The Morgan fingerprint density at radius 1 is 1.12 bits per heavy atom. The van der Waals surface area contributed by atoms with Gasteiger partial charge in [-0.15, -0.1) is 0 Å². The zero-order valence-electron chi connectivity index (χ0n) is 13.9. The average molecular weight is 349 g/mol. The molecule has 0 atom stereocenters. The van der Waals surface area contributed by atoms with Crippen molar-refractivity contribution in [1.82, 2.24) is 14.4 Å². The summed E-state index contributed by atoms with van der Waals surface area (Å²) in [6.45, 7) is 5.69. The molecule has 0 N–H and O–H groups in total. The second kappa shape index (κ2) is 7.46. The van der Waals surface area contributed by atoms with E-state index in [1.54, 1.807) is 10.4 Å². The lowest BCUT2D eigenvalue weighted by molar-refractivity contribution is 0.278.